The fraction of sp³-hybridized carbons (Fsp3) is 0.222. The molecule has 2 aromatic rings. The minimum atomic E-state index is 0.618. The zero-order valence-corrected chi connectivity index (χ0v) is 7.53. The summed E-state index contributed by atoms with van der Waals surface area (Å²) in [6, 6.07) is 4.47. The summed E-state index contributed by atoms with van der Waals surface area (Å²) in [5.41, 5.74) is 7.64. The van der Waals surface area contributed by atoms with Gasteiger partial charge in [-0.05, 0) is 12.1 Å². The van der Waals surface area contributed by atoms with Crippen molar-refractivity contribution in [2.24, 2.45) is 0 Å². The number of nitrogens with zero attached hydrogens (tertiary/aromatic N) is 2. The second-order valence-corrected chi connectivity index (χ2v) is 3.21. The number of anilines is 1. The van der Waals surface area contributed by atoms with Crippen molar-refractivity contribution in [1.29, 1.82) is 0 Å². The van der Waals surface area contributed by atoms with E-state index in [0.717, 1.165) is 17.9 Å². The van der Waals surface area contributed by atoms with Crippen LogP contribution in [0.5, 0.6) is 6.01 Å². The van der Waals surface area contributed by atoms with Crippen LogP contribution in [0.1, 0.15) is 0 Å². The van der Waals surface area contributed by atoms with Crippen molar-refractivity contribution in [3.63, 3.8) is 0 Å². The predicted molar refractivity (Wildman–Crippen MR) is 51.9 cm³/mol. The highest BCUT2D eigenvalue weighted by molar-refractivity contribution is 5.68. The maximum atomic E-state index is 5.95. The number of imidazole rings is 1. The van der Waals surface area contributed by atoms with Crippen LogP contribution < -0.4 is 10.5 Å². The predicted octanol–water partition coefficient (Wildman–Crippen LogP) is 0.853. The molecular formula is C9H10N4O. The molecule has 0 bridgehead atoms. The topological polar surface area (TPSA) is 68.9 Å². The first kappa shape index (κ1) is 7.49. The molecule has 3 N–H and O–H groups in total. The molecule has 1 aliphatic heterocycles. The average molecular weight is 190 g/mol. The van der Waals surface area contributed by atoms with E-state index in [-0.39, 0.29) is 0 Å². The first-order chi connectivity index (χ1) is 6.86. The monoisotopic (exact) mass is 190 g/mol. The van der Waals surface area contributed by atoms with Gasteiger partial charge in [-0.25, -0.2) is 0 Å². The first-order valence-corrected chi connectivity index (χ1v) is 4.49. The number of hydrogen-bond acceptors (Lipinski definition) is 3. The van der Waals surface area contributed by atoms with E-state index in [2.05, 4.69) is 9.97 Å². The van der Waals surface area contributed by atoms with Gasteiger partial charge in [0.15, 0.2) is 0 Å². The number of fused-ring (bicyclic) bond motifs is 1. The molecule has 5 nitrogen and oxygen atoms in total. The lowest BCUT2D eigenvalue weighted by atomic mass is 10.3. The van der Waals surface area contributed by atoms with Gasteiger partial charge in [-0.15, -0.1) is 0 Å². The molecule has 0 atom stereocenters. The lowest BCUT2D eigenvalue weighted by molar-refractivity contribution is 0.345. The molecule has 0 saturated carbocycles. The molecule has 14 heavy (non-hydrogen) atoms. The van der Waals surface area contributed by atoms with Crippen molar-refractivity contribution < 1.29 is 4.74 Å². The van der Waals surface area contributed by atoms with Gasteiger partial charge in [0.1, 0.15) is 18.1 Å². The molecule has 5 heteroatoms. The third-order valence-electron chi connectivity index (χ3n) is 2.37. The van der Waals surface area contributed by atoms with Gasteiger partial charge in [-0.3, -0.25) is 4.57 Å². The highest BCUT2D eigenvalue weighted by Gasteiger charge is 2.21. The van der Waals surface area contributed by atoms with Gasteiger partial charge in [0.05, 0.1) is 12.2 Å². The van der Waals surface area contributed by atoms with E-state index in [1.807, 2.05) is 22.9 Å². The van der Waals surface area contributed by atoms with Gasteiger partial charge in [0.2, 0.25) is 0 Å². The van der Waals surface area contributed by atoms with Crippen LogP contribution in [-0.2, 0) is 6.54 Å². The normalized spacial score (nSPS) is 14.0. The molecule has 0 amide bonds. The van der Waals surface area contributed by atoms with Crippen LogP contribution >= 0.6 is 0 Å². The second kappa shape index (κ2) is 2.54. The summed E-state index contributed by atoms with van der Waals surface area (Å²) in [6.45, 7) is 1.45. The van der Waals surface area contributed by atoms with Crippen molar-refractivity contribution in [1.82, 2.24) is 14.5 Å². The van der Waals surface area contributed by atoms with Gasteiger partial charge < -0.3 is 15.5 Å². The Labute approximate surface area is 80.5 Å². The first-order valence-electron chi connectivity index (χ1n) is 4.49. The number of aromatic nitrogens is 3. The summed E-state index contributed by atoms with van der Waals surface area (Å²) in [4.78, 5) is 7.39. The van der Waals surface area contributed by atoms with Crippen molar-refractivity contribution in [2.75, 3.05) is 12.3 Å². The molecule has 72 valence electrons. The van der Waals surface area contributed by atoms with Gasteiger partial charge in [0.25, 0.3) is 6.01 Å². The zero-order chi connectivity index (χ0) is 9.54. The number of hydrogen-bond donors (Lipinski definition) is 2. The molecule has 3 heterocycles. The third kappa shape index (κ3) is 0.863. The Morgan fingerprint density at radius 1 is 1.57 bits per heavy atom. The second-order valence-electron chi connectivity index (χ2n) is 3.21. The van der Waals surface area contributed by atoms with E-state index in [1.54, 1.807) is 0 Å². The molecule has 0 spiro atoms. The number of nitrogens with two attached hydrogens (primary N) is 1. The SMILES string of the molecule is Nc1c(-c2ccc[nH]2)nc2n1CCO2. The summed E-state index contributed by atoms with van der Waals surface area (Å²) < 4.78 is 7.20. The smallest absolute Gasteiger partial charge is 0.298 e. The quantitative estimate of drug-likeness (QED) is 0.700. The van der Waals surface area contributed by atoms with E-state index in [0.29, 0.717) is 18.4 Å². The Bertz CT molecular complexity index is 457. The molecule has 0 radical (unpaired) electrons. The van der Waals surface area contributed by atoms with Gasteiger partial charge in [-0.1, -0.05) is 0 Å². The van der Waals surface area contributed by atoms with Crippen molar-refractivity contribution in [3.05, 3.63) is 18.3 Å². The summed E-state index contributed by atoms with van der Waals surface area (Å²) >= 11 is 0. The van der Waals surface area contributed by atoms with Crippen molar-refractivity contribution >= 4 is 5.82 Å². The fourth-order valence-electron chi connectivity index (χ4n) is 1.67. The number of ether oxygens (including phenoxy) is 1. The Morgan fingerprint density at radius 3 is 3.21 bits per heavy atom. The molecule has 0 aromatic carbocycles. The lowest BCUT2D eigenvalue weighted by Gasteiger charge is -1.97. The lowest BCUT2D eigenvalue weighted by Crippen LogP contribution is -2.00. The highest BCUT2D eigenvalue weighted by atomic mass is 16.5. The van der Waals surface area contributed by atoms with E-state index in [9.17, 15) is 0 Å². The summed E-state index contributed by atoms with van der Waals surface area (Å²) in [6.07, 6.45) is 1.85. The molecule has 1 aliphatic rings. The van der Waals surface area contributed by atoms with E-state index >= 15 is 0 Å². The highest BCUT2D eigenvalue weighted by Crippen LogP contribution is 2.30. The average Bonchev–Trinajstić information content (AvgIpc) is 2.84. The fourth-order valence-corrected chi connectivity index (χ4v) is 1.67. The maximum absolute atomic E-state index is 5.95. The number of H-pyrrole nitrogens is 1. The number of nitrogens with one attached hydrogen (secondary N) is 1. The molecule has 3 rings (SSSR count). The van der Waals surface area contributed by atoms with Crippen LogP contribution in [-0.4, -0.2) is 21.1 Å². The van der Waals surface area contributed by atoms with Crippen molar-refractivity contribution in [3.8, 4) is 17.4 Å². The largest absolute Gasteiger partial charge is 0.463 e. The molecule has 0 unspecified atom stereocenters. The Balaban J connectivity index is 2.17. The molecule has 0 aliphatic carbocycles. The summed E-state index contributed by atoms with van der Waals surface area (Å²) in [5.74, 6) is 0.667. The minimum Gasteiger partial charge on any atom is -0.463 e. The molecule has 2 aromatic heterocycles. The number of aromatic amines is 1. The van der Waals surface area contributed by atoms with Gasteiger partial charge >= 0.3 is 0 Å². The Hall–Kier alpha value is -1.91. The minimum absolute atomic E-state index is 0.618. The van der Waals surface area contributed by atoms with Crippen LogP contribution in [0.3, 0.4) is 0 Å². The zero-order valence-electron chi connectivity index (χ0n) is 7.53. The van der Waals surface area contributed by atoms with E-state index < -0.39 is 0 Å². The van der Waals surface area contributed by atoms with E-state index in [1.165, 1.54) is 0 Å². The summed E-state index contributed by atoms with van der Waals surface area (Å²) in [7, 11) is 0. The van der Waals surface area contributed by atoms with Gasteiger partial charge in [0, 0.05) is 6.20 Å². The van der Waals surface area contributed by atoms with Crippen LogP contribution in [0.25, 0.3) is 11.4 Å². The summed E-state index contributed by atoms with van der Waals surface area (Å²) in [5, 5.41) is 0. The van der Waals surface area contributed by atoms with Gasteiger partial charge in [-0.2, -0.15) is 4.98 Å². The number of rotatable bonds is 1. The maximum Gasteiger partial charge on any atom is 0.298 e. The van der Waals surface area contributed by atoms with E-state index in [4.69, 9.17) is 10.5 Å². The van der Waals surface area contributed by atoms with Crippen molar-refractivity contribution in [2.45, 2.75) is 6.54 Å². The Kier molecular flexibility index (Phi) is 1.36. The molecule has 0 fully saturated rings. The number of nitrogen functional groups attached to an aromatic ring is 1. The molecular weight excluding hydrogens is 180 g/mol. The van der Waals surface area contributed by atoms with Crippen LogP contribution in [0.4, 0.5) is 5.82 Å². The standard InChI is InChI=1S/C9H10N4O/c10-8-7(6-2-1-3-11-6)12-9-13(8)4-5-14-9/h1-3,11H,4-5,10H2. The Morgan fingerprint density at radius 2 is 2.50 bits per heavy atom. The van der Waals surface area contributed by atoms with Crippen LogP contribution in [0.2, 0.25) is 0 Å². The van der Waals surface area contributed by atoms with Crippen LogP contribution in [0.15, 0.2) is 18.3 Å². The molecule has 0 saturated heterocycles. The van der Waals surface area contributed by atoms with Crippen LogP contribution in [0, 0.1) is 0 Å². The third-order valence-corrected chi connectivity index (χ3v) is 2.37.